The predicted molar refractivity (Wildman–Crippen MR) is 72.9 cm³/mol. The number of nitro benzene ring substituents is 1. The number of amides is 1. The van der Waals surface area contributed by atoms with Gasteiger partial charge in [0.15, 0.2) is 0 Å². The lowest BCUT2D eigenvalue weighted by atomic mass is 10.0. The molecule has 8 heteroatoms. The third-order valence-electron chi connectivity index (χ3n) is 3.36. The summed E-state index contributed by atoms with van der Waals surface area (Å²) in [5.41, 5.74) is -0.504. The molecule has 3 N–H and O–H groups in total. The monoisotopic (exact) mass is 293 g/mol. The van der Waals surface area contributed by atoms with E-state index in [-0.39, 0.29) is 23.6 Å². The van der Waals surface area contributed by atoms with Gasteiger partial charge in [-0.25, -0.2) is 4.79 Å². The van der Waals surface area contributed by atoms with Gasteiger partial charge < -0.3 is 15.7 Å². The summed E-state index contributed by atoms with van der Waals surface area (Å²) >= 11 is 0. The largest absolute Gasteiger partial charge is 0.477 e. The van der Waals surface area contributed by atoms with Crippen LogP contribution in [0.25, 0.3) is 0 Å². The average molecular weight is 293 g/mol. The SMILES string of the molecule is O=C(O)c1c(CNC2CCCNC2=O)cccc1[N+](=O)[O-]. The van der Waals surface area contributed by atoms with Crippen LogP contribution in [0.4, 0.5) is 5.69 Å². The molecule has 0 aliphatic carbocycles. The molecule has 1 fully saturated rings. The summed E-state index contributed by atoms with van der Waals surface area (Å²) in [6.45, 7) is 0.718. The minimum absolute atomic E-state index is 0.0847. The van der Waals surface area contributed by atoms with Crippen LogP contribution in [0.3, 0.4) is 0 Å². The van der Waals surface area contributed by atoms with Gasteiger partial charge in [-0.15, -0.1) is 0 Å². The number of benzene rings is 1. The smallest absolute Gasteiger partial charge is 0.343 e. The van der Waals surface area contributed by atoms with Gasteiger partial charge in [0.1, 0.15) is 5.56 Å². The molecule has 1 aliphatic rings. The number of hydrogen-bond donors (Lipinski definition) is 3. The number of nitrogens with zero attached hydrogens (tertiary/aromatic N) is 1. The van der Waals surface area contributed by atoms with E-state index in [9.17, 15) is 24.8 Å². The Morgan fingerprint density at radius 2 is 2.29 bits per heavy atom. The third kappa shape index (κ3) is 3.34. The highest BCUT2D eigenvalue weighted by atomic mass is 16.6. The van der Waals surface area contributed by atoms with E-state index in [0.717, 1.165) is 12.5 Å². The highest BCUT2D eigenvalue weighted by Gasteiger charge is 2.25. The number of nitrogens with one attached hydrogen (secondary N) is 2. The predicted octanol–water partition coefficient (Wildman–Crippen LogP) is 0.661. The molecule has 1 atom stereocenters. The van der Waals surface area contributed by atoms with Crippen molar-refractivity contribution in [1.82, 2.24) is 10.6 Å². The van der Waals surface area contributed by atoms with E-state index in [1.807, 2.05) is 0 Å². The number of carboxylic acids is 1. The van der Waals surface area contributed by atoms with Gasteiger partial charge in [-0.2, -0.15) is 0 Å². The summed E-state index contributed by atoms with van der Waals surface area (Å²) in [4.78, 5) is 33.0. The van der Waals surface area contributed by atoms with E-state index in [1.165, 1.54) is 12.1 Å². The molecule has 0 saturated carbocycles. The molecular formula is C13H15N3O5. The Morgan fingerprint density at radius 1 is 1.52 bits per heavy atom. The van der Waals surface area contributed by atoms with E-state index in [0.29, 0.717) is 13.0 Å². The Balaban J connectivity index is 2.19. The van der Waals surface area contributed by atoms with Crippen molar-refractivity contribution in [3.8, 4) is 0 Å². The van der Waals surface area contributed by atoms with Crippen molar-refractivity contribution in [2.45, 2.75) is 25.4 Å². The molecule has 1 saturated heterocycles. The Kier molecular flexibility index (Phi) is 4.49. The van der Waals surface area contributed by atoms with E-state index in [4.69, 9.17) is 0 Å². The molecule has 0 spiro atoms. The first-order valence-corrected chi connectivity index (χ1v) is 6.51. The molecule has 0 bridgehead atoms. The first-order valence-electron chi connectivity index (χ1n) is 6.51. The van der Waals surface area contributed by atoms with Gasteiger partial charge in [-0.1, -0.05) is 12.1 Å². The van der Waals surface area contributed by atoms with Crippen LogP contribution in [0, 0.1) is 10.1 Å². The van der Waals surface area contributed by atoms with E-state index >= 15 is 0 Å². The van der Waals surface area contributed by atoms with Gasteiger partial charge in [-0.05, 0) is 18.4 Å². The number of carboxylic acid groups (broad SMARTS) is 1. The number of piperidine rings is 1. The van der Waals surface area contributed by atoms with Gasteiger partial charge in [0.2, 0.25) is 5.91 Å². The molecule has 1 aromatic carbocycles. The lowest BCUT2D eigenvalue weighted by molar-refractivity contribution is -0.385. The molecule has 1 aliphatic heterocycles. The fraction of sp³-hybridized carbons (Fsp3) is 0.385. The topological polar surface area (TPSA) is 122 Å². The first-order chi connectivity index (χ1) is 10.0. The zero-order valence-electron chi connectivity index (χ0n) is 11.2. The highest BCUT2D eigenvalue weighted by molar-refractivity contribution is 5.94. The van der Waals surface area contributed by atoms with Crippen molar-refractivity contribution in [3.63, 3.8) is 0 Å². The Labute approximate surface area is 120 Å². The van der Waals surface area contributed by atoms with Crippen LogP contribution in [0.15, 0.2) is 18.2 Å². The van der Waals surface area contributed by atoms with Gasteiger partial charge in [0.25, 0.3) is 5.69 Å². The van der Waals surface area contributed by atoms with Crippen molar-refractivity contribution < 1.29 is 19.6 Å². The Hall–Kier alpha value is -2.48. The lowest BCUT2D eigenvalue weighted by Crippen LogP contribution is -2.48. The number of carbonyl (C=O) groups is 2. The molecule has 0 radical (unpaired) electrons. The van der Waals surface area contributed by atoms with Gasteiger partial charge >= 0.3 is 5.97 Å². The zero-order chi connectivity index (χ0) is 15.4. The number of carbonyl (C=O) groups excluding carboxylic acids is 1. The Morgan fingerprint density at radius 3 is 2.90 bits per heavy atom. The van der Waals surface area contributed by atoms with E-state index in [2.05, 4.69) is 10.6 Å². The minimum Gasteiger partial charge on any atom is -0.477 e. The standard InChI is InChI=1S/C13H15N3O5/c17-12-9(4-2-6-14-12)15-7-8-3-1-5-10(16(20)21)11(8)13(18)19/h1,3,5,9,15H,2,4,6-7H2,(H,14,17)(H,18,19). The number of hydrogen-bond acceptors (Lipinski definition) is 5. The fourth-order valence-corrected chi connectivity index (χ4v) is 2.33. The van der Waals surface area contributed by atoms with Crippen LogP contribution in [-0.2, 0) is 11.3 Å². The first kappa shape index (κ1) is 14.9. The van der Waals surface area contributed by atoms with E-state index < -0.39 is 22.6 Å². The van der Waals surface area contributed by atoms with Crippen molar-refractivity contribution in [2.75, 3.05) is 6.54 Å². The molecule has 1 aromatic rings. The second kappa shape index (κ2) is 6.31. The normalized spacial score (nSPS) is 18.1. The summed E-state index contributed by atoms with van der Waals surface area (Å²) in [6, 6.07) is 3.69. The third-order valence-corrected chi connectivity index (χ3v) is 3.36. The fourth-order valence-electron chi connectivity index (χ4n) is 2.33. The molecule has 1 heterocycles. The highest BCUT2D eigenvalue weighted by Crippen LogP contribution is 2.22. The van der Waals surface area contributed by atoms with Gasteiger partial charge in [0.05, 0.1) is 11.0 Å². The summed E-state index contributed by atoms with van der Waals surface area (Å²) in [5.74, 6) is -1.49. The Bertz CT molecular complexity index is 587. The van der Waals surface area contributed by atoms with Gasteiger partial charge in [0, 0.05) is 19.2 Å². The summed E-state index contributed by atoms with van der Waals surface area (Å²) in [7, 11) is 0. The minimum atomic E-state index is -1.35. The number of nitro groups is 1. The van der Waals surface area contributed by atoms with Crippen LogP contribution >= 0.6 is 0 Å². The van der Waals surface area contributed by atoms with E-state index in [1.54, 1.807) is 0 Å². The lowest BCUT2D eigenvalue weighted by Gasteiger charge is -2.23. The van der Waals surface area contributed by atoms with Crippen molar-refractivity contribution in [2.24, 2.45) is 0 Å². The maximum Gasteiger partial charge on any atom is 0.343 e. The second-order valence-electron chi connectivity index (χ2n) is 4.74. The van der Waals surface area contributed by atoms with Crippen molar-refractivity contribution in [1.29, 1.82) is 0 Å². The van der Waals surface area contributed by atoms with Crippen LogP contribution in [0.5, 0.6) is 0 Å². The molecule has 2 rings (SSSR count). The zero-order valence-corrected chi connectivity index (χ0v) is 11.2. The molecule has 112 valence electrons. The molecule has 21 heavy (non-hydrogen) atoms. The van der Waals surface area contributed by atoms with Gasteiger partial charge in [-0.3, -0.25) is 14.9 Å². The van der Waals surface area contributed by atoms with Crippen LogP contribution in [0.1, 0.15) is 28.8 Å². The molecular weight excluding hydrogens is 278 g/mol. The summed E-state index contributed by atoms with van der Waals surface area (Å²) in [6.07, 6.45) is 1.49. The van der Waals surface area contributed by atoms with Crippen LogP contribution in [-0.4, -0.2) is 34.5 Å². The molecule has 1 amide bonds. The van der Waals surface area contributed by atoms with Crippen molar-refractivity contribution >= 4 is 17.6 Å². The summed E-state index contributed by atoms with van der Waals surface area (Å²) < 4.78 is 0. The van der Waals surface area contributed by atoms with Crippen LogP contribution in [0.2, 0.25) is 0 Å². The maximum absolute atomic E-state index is 11.6. The molecule has 8 nitrogen and oxygen atoms in total. The van der Waals surface area contributed by atoms with Crippen LogP contribution < -0.4 is 10.6 Å². The number of rotatable bonds is 5. The quantitative estimate of drug-likeness (QED) is 0.541. The van der Waals surface area contributed by atoms with Crippen molar-refractivity contribution in [3.05, 3.63) is 39.4 Å². The number of aromatic carboxylic acids is 1. The average Bonchev–Trinajstić information content (AvgIpc) is 2.45. The second-order valence-corrected chi connectivity index (χ2v) is 4.74. The summed E-state index contributed by atoms with van der Waals surface area (Å²) in [5, 5.41) is 25.7. The maximum atomic E-state index is 11.6. The molecule has 0 aromatic heterocycles. The molecule has 1 unspecified atom stereocenters.